The summed E-state index contributed by atoms with van der Waals surface area (Å²) >= 11 is 0. The first kappa shape index (κ1) is 13.2. The van der Waals surface area contributed by atoms with Gasteiger partial charge >= 0.3 is 0 Å². The molecule has 0 fully saturated rings. The average Bonchev–Trinajstić information content (AvgIpc) is 2.36. The van der Waals surface area contributed by atoms with Crippen molar-refractivity contribution in [3.8, 4) is 0 Å². The van der Waals surface area contributed by atoms with Crippen LogP contribution in [0.5, 0.6) is 0 Å². The summed E-state index contributed by atoms with van der Waals surface area (Å²) in [5.74, 6) is 4.64. The van der Waals surface area contributed by atoms with E-state index in [1.807, 2.05) is 12.3 Å². The third-order valence-electron chi connectivity index (χ3n) is 2.32. The molecular formula is C12H17N3O2. The lowest BCUT2D eigenvalue weighted by atomic mass is 10.2. The van der Waals surface area contributed by atoms with Crippen LogP contribution in [-0.2, 0) is 4.79 Å². The van der Waals surface area contributed by atoms with E-state index in [2.05, 4.69) is 5.32 Å². The van der Waals surface area contributed by atoms with Crippen LogP contribution >= 0.6 is 0 Å². The van der Waals surface area contributed by atoms with Crippen molar-refractivity contribution in [3.05, 3.63) is 29.8 Å². The maximum atomic E-state index is 11.4. The van der Waals surface area contributed by atoms with E-state index < -0.39 is 0 Å². The van der Waals surface area contributed by atoms with Crippen LogP contribution in [0.15, 0.2) is 24.3 Å². The number of nitrogens with one attached hydrogen (secondary N) is 2. The van der Waals surface area contributed by atoms with Gasteiger partial charge in [-0.3, -0.25) is 15.0 Å². The monoisotopic (exact) mass is 235 g/mol. The number of rotatable bonds is 5. The van der Waals surface area contributed by atoms with E-state index in [0.717, 1.165) is 12.8 Å². The highest BCUT2D eigenvalue weighted by atomic mass is 16.2. The van der Waals surface area contributed by atoms with Crippen LogP contribution in [-0.4, -0.2) is 11.8 Å². The smallest absolute Gasteiger partial charge is 0.265 e. The molecule has 0 aromatic heterocycles. The van der Waals surface area contributed by atoms with Gasteiger partial charge < -0.3 is 5.32 Å². The van der Waals surface area contributed by atoms with Crippen molar-refractivity contribution in [2.45, 2.75) is 26.2 Å². The SMILES string of the molecule is CCCCC(=O)Nc1ccc(C(=O)NN)cc1. The summed E-state index contributed by atoms with van der Waals surface area (Å²) in [5.41, 5.74) is 3.18. The van der Waals surface area contributed by atoms with E-state index >= 15 is 0 Å². The minimum atomic E-state index is -0.353. The van der Waals surface area contributed by atoms with Gasteiger partial charge in [0.1, 0.15) is 0 Å². The zero-order valence-corrected chi connectivity index (χ0v) is 9.82. The van der Waals surface area contributed by atoms with Gasteiger partial charge in [0.15, 0.2) is 0 Å². The molecule has 0 unspecified atom stereocenters. The van der Waals surface area contributed by atoms with Crippen LogP contribution in [0.4, 0.5) is 5.69 Å². The number of hydrogen-bond donors (Lipinski definition) is 3. The predicted octanol–water partition coefficient (Wildman–Crippen LogP) is 1.42. The Morgan fingerprint density at radius 3 is 2.41 bits per heavy atom. The average molecular weight is 235 g/mol. The minimum absolute atomic E-state index is 0.0112. The summed E-state index contributed by atoms with van der Waals surface area (Å²) < 4.78 is 0. The highest BCUT2D eigenvalue weighted by Gasteiger charge is 2.04. The lowest BCUT2D eigenvalue weighted by molar-refractivity contribution is -0.116. The molecule has 0 saturated heterocycles. The molecule has 1 aromatic carbocycles. The largest absolute Gasteiger partial charge is 0.326 e. The van der Waals surface area contributed by atoms with Gasteiger partial charge in [0, 0.05) is 17.7 Å². The first-order valence-electron chi connectivity index (χ1n) is 5.58. The van der Waals surface area contributed by atoms with Crippen LogP contribution < -0.4 is 16.6 Å². The number of hydrazine groups is 1. The molecule has 0 atom stereocenters. The van der Waals surface area contributed by atoms with Gasteiger partial charge in [0.2, 0.25) is 5.91 Å². The fraction of sp³-hybridized carbons (Fsp3) is 0.333. The first-order valence-corrected chi connectivity index (χ1v) is 5.58. The van der Waals surface area contributed by atoms with Crippen molar-refractivity contribution in [1.29, 1.82) is 0 Å². The molecule has 0 heterocycles. The van der Waals surface area contributed by atoms with Crippen LogP contribution in [0, 0.1) is 0 Å². The molecule has 0 saturated carbocycles. The Balaban J connectivity index is 2.56. The Morgan fingerprint density at radius 2 is 1.88 bits per heavy atom. The predicted molar refractivity (Wildman–Crippen MR) is 66.3 cm³/mol. The number of carbonyl (C=O) groups excluding carboxylic acids is 2. The van der Waals surface area contributed by atoms with Crippen molar-refractivity contribution >= 4 is 17.5 Å². The van der Waals surface area contributed by atoms with E-state index in [1.165, 1.54) is 0 Å². The number of hydrogen-bond acceptors (Lipinski definition) is 3. The Labute approximate surface area is 100 Å². The van der Waals surface area contributed by atoms with Gasteiger partial charge in [0.05, 0.1) is 0 Å². The topological polar surface area (TPSA) is 84.2 Å². The number of unbranched alkanes of at least 4 members (excludes halogenated alkanes) is 1. The summed E-state index contributed by atoms with van der Waals surface area (Å²) in [6.45, 7) is 2.04. The number of amides is 2. The fourth-order valence-electron chi connectivity index (χ4n) is 1.35. The van der Waals surface area contributed by atoms with Gasteiger partial charge in [-0.2, -0.15) is 0 Å². The number of anilines is 1. The van der Waals surface area contributed by atoms with Crippen molar-refractivity contribution in [3.63, 3.8) is 0 Å². The van der Waals surface area contributed by atoms with Gasteiger partial charge in [0.25, 0.3) is 5.91 Å². The van der Waals surface area contributed by atoms with E-state index in [4.69, 9.17) is 5.84 Å². The third-order valence-corrected chi connectivity index (χ3v) is 2.32. The number of nitrogen functional groups attached to an aromatic ring is 1. The molecule has 1 aromatic rings. The number of carbonyl (C=O) groups is 2. The second-order valence-corrected chi connectivity index (χ2v) is 3.70. The molecule has 0 aliphatic carbocycles. The molecule has 2 amide bonds. The van der Waals surface area contributed by atoms with Gasteiger partial charge in [-0.05, 0) is 30.7 Å². The molecule has 0 aliphatic heterocycles. The second kappa shape index (κ2) is 6.65. The van der Waals surface area contributed by atoms with Gasteiger partial charge in [-0.25, -0.2) is 5.84 Å². The summed E-state index contributed by atoms with van der Waals surface area (Å²) in [5, 5.41) is 2.76. The van der Waals surface area contributed by atoms with Crippen molar-refractivity contribution in [1.82, 2.24) is 5.43 Å². The highest BCUT2D eigenvalue weighted by Crippen LogP contribution is 2.10. The van der Waals surface area contributed by atoms with E-state index in [0.29, 0.717) is 17.7 Å². The molecule has 1 rings (SSSR count). The molecule has 17 heavy (non-hydrogen) atoms. The summed E-state index contributed by atoms with van der Waals surface area (Å²) in [6.07, 6.45) is 2.38. The molecule has 0 radical (unpaired) electrons. The summed E-state index contributed by atoms with van der Waals surface area (Å²) in [6, 6.07) is 6.57. The summed E-state index contributed by atoms with van der Waals surface area (Å²) in [7, 11) is 0. The lowest BCUT2D eigenvalue weighted by Gasteiger charge is -2.05. The lowest BCUT2D eigenvalue weighted by Crippen LogP contribution is -2.29. The van der Waals surface area contributed by atoms with Crippen LogP contribution in [0.3, 0.4) is 0 Å². The first-order chi connectivity index (χ1) is 8.17. The molecule has 5 nitrogen and oxygen atoms in total. The molecule has 0 bridgehead atoms. The Hall–Kier alpha value is -1.88. The van der Waals surface area contributed by atoms with Crippen LogP contribution in [0.2, 0.25) is 0 Å². The van der Waals surface area contributed by atoms with Crippen molar-refractivity contribution in [2.24, 2.45) is 5.84 Å². The Kier molecular flexibility index (Phi) is 5.16. The Bertz CT molecular complexity index is 387. The molecule has 5 heteroatoms. The van der Waals surface area contributed by atoms with E-state index in [1.54, 1.807) is 24.3 Å². The minimum Gasteiger partial charge on any atom is -0.326 e. The second-order valence-electron chi connectivity index (χ2n) is 3.70. The highest BCUT2D eigenvalue weighted by molar-refractivity contribution is 5.95. The third kappa shape index (κ3) is 4.24. The number of benzene rings is 1. The zero-order valence-electron chi connectivity index (χ0n) is 9.82. The molecule has 92 valence electrons. The Morgan fingerprint density at radius 1 is 1.24 bits per heavy atom. The maximum absolute atomic E-state index is 11.4. The molecule has 4 N–H and O–H groups in total. The van der Waals surface area contributed by atoms with E-state index in [-0.39, 0.29) is 11.8 Å². The van der Waals surface area contributed by atoms with Crippen LogP contribution in [0.1, 0.15) is 36.5 Å². The van der Waals surface area contributed by atoms with Crippen molar-refractivity contribution in [2.75, 3.05) is 5.32 Å². The standard InChI is InChI=1S/C12H17N3O2/c1-2-3-4-11(16)14-10-7-5-9(6-8-10)12(17)15-13/h5-8H,2-4,13H2,1H3,(H,14,16)(H,15,17). The molecular weight excluding hydrogens is 218 g/mol. The fourth-order valence-corrected chi connectivity index (χ4v) is 1.35. The van der Waals surface area contributed by atoms with Gasteiger partial charge in [-0.1, -0.05) is 13.3 Å². The number of nitrogens with two attached hydrogens (primary N) is 1. The summed E-state index contributed by atoms with van der Waals surface area (Å²) in [4.78, 5) is 22.6. The zero-order chi connectivity index (χ0) is 12.7. The van der Waals surface area contributed by atoms with Crippen molar-refractivity contribution < 1.29 is 9.59 Å². The molecule has 0 aliphatic rings. The maximum Gasteiger partial charge on any atom is 0.265 e. The molecule has 0 spiro atoms. The van der Waals surface area contributed by atoms with Gasteiger partial charge in [-0.15, -0.1) is 0 Å². The normalized spacial score (nSPS) is 9.76. The quantitative estimate of drug-likeness (QED) is 0.410. The van der Waals surface area contributed by atoms with Crippen LogP contribution in [0.25, 0.3) is 0 Å². The van der Waals surface area contributed by atoms with E-state index in [9.17, 15) is 9.59 Å².